The van der Waals surface area contributed by atoms with Gasteiger partial charge in [0.15, 0.2) is 17.0 Å². The summed E-state index contributed by atoms with van der Waals surface area (Å²) >= 11 is 0. The van der Waals surface area contributed by atoms with Crippen LogP contribution in [0.2, 0.25) is 0 Å². The van der Waals surface area contributed by atoms with Crippen LogP contribution in [0.1, 0.15) is 36.9 Å². The number of esters is 1. The molecule has 2 aromatic heterocycles. The van der Waals surface area contributed by atoms with E-state index in [1.54, 1.807) is 28.8 Å². The summed E-state index contributed by atoms with van der Waals surface area (Å²) in [6.07, 6.45) is 1.09. The first-order chi connectivity index (χ1) is 16.0. The van der Waals surface area contributed by atoms with E-state index in [0.29, 0.717) is 23.1 Å². The third kappa shape index (κ3) is 5.16. The largest absolute Gasteiger partial charge is 0.458 e. The molecule has 3 heterocycles. The maximum atomic E-state index is 12.5. The Balaban J connectivity index is 1.50. The second-order valence-electron chi connectivity index (χ2n) is 7.80. The first kappa shape index (κ1) is 22.8. The fourth-order valence-corrected chi connectivity index (χ4v) is 3.52. The molecule has 1 saturated heterocycles. The number of hydrogen-bond acceptors (Lipinski definition) is 9. The highest BCUT2D eigenvalue weighted by Crippen LogP contribution is 2.33. The topological polar surface area (TPSA) is 138 Å². The first-order valence-corrected chi connectivity index (χ1v) is 10.6. The van der Waals surface area contributed by atoms with Crippen LogP contribution in [-0.2, 0) is 19.0 Å². The number of hydrogen-bond donors (Lipinski definition) is 2. The molecule has 1 aromatic carbocycles. The lowest BCUT2D eigenvalue weighted by atomic mass is 10.2. The normalized spacial score (nSPS) is 20.3. The molecule has 11 nitrogen and oxygen atoms in total. The minimum Gasteiger partial charge on any atom is -0.458 e. The van der Waals surface area contributed by atoms with Crippen molar-refractivity contribution in [1.82, 2.24) is 19.5 Å². The Morgan fingerprint density at radius 3 is 2.76 bits per heavy atom. The number of carbonyl (C=O) groups is 2. The second kappa shape index (κ2) is 10.0. The number of anilines is 1. The van der Waals surface area contributed by atoms with Crippen LogP contribution in [0.15, 0.2) is 43.0 Å². The number of fused-ring (bicyclic) bond motifs is 1. The van der Waals surface area contributed by atoms with Crippen LogP contribution in [-0.4, -0.2) is 68.0 Å². The predicted octanol–water partition coefficient (Wildman–Crippen LogP) is 1.70. The number of benzene rings is 1. The minimum absolute atomic E-state index is 0.104. The van der Waals surface area contributed by atoms with Crippen molar-refractivity contribution >= 4 is 28.9 Å². The third-order valence-electron chi connectivity index (χ3n) is 5.11. The smallest absolute Gasteiger partial charge is 0.332 e. The molecular weight excluding hydrogens is 430 g/mol. The zero-order chi connectivity index (χ0) is 23.4. The Bertz CT molecular complexity index is 1120. The number of nitrogens with zero attached hydrogens (tertiary/aromatic N) is 4. The Morgan fingerprint density at radius 1 is 1.24 bits per heavy atom. The van der Waals surface area contributed by atoms with Crippen molar-refractivity contribution in [2.45, 2.75) is 44.8 Å². The predicted molar refractivity (Wildman–Crippen MR) is 116 cm³/mol. The number of carbonyl (C=O) groups excluding carboxylic acids is 2. The van der Waals surface area contributed by atoms with Crippen molar-refractivity contribution in [3.05, 3.63) is 48.5 Å². The monoisotopic (exact) mass is 455 g/mol. The van der Waals surface area contributed by atoms with Gasteiger partial charge in [0, 0.05) is 12.0 Å². The number of nitrogens with one attached hydrogen (secondary N) is 1. The van der Waals surface area contributed by atoms with Crippen molar-refractivity contribution in [1.29, 1.82) is 0 Å². The molecule has 0 bridgehead atoms. The molecule has 0 radical (unpaired) electrons. The average molecular weight is 455 g/mol. The number of aliphatic hydroxyl groups is 1. The van der Waals surface area contributed by atoms with Crippen molar-refractivity contribution in [2.24, 2.45) is 0 Å². The third-order valence-corrected chi connectivity index (χ3v) is 5.11. The number of aromatic nitrogens is 4. The van der Waals surface area contributed by atoms with Gasteiger partial charge in [-0.15, -0.1) is 0 Å². The molecule has 0 aliphatic carbocycles. The van der Waals surface area contributed by atoms with Crippen molar-refractivity contribution in [2.75, 3.05) is 18.5 Å². The molecule has 33 heavy (non-hydrogen) atoms. The molecule has 1 fully saturated rings. The molecule has 4 rings (SSSR count). The summed E-state index contributed by atoms with van der Waals surface area (Å²) in [5.41, 5.74) is 1.31. The molecule has 3 aromatic rings. The van der Waals surface area contributed by atoms with Gasteiger partial charge in [-0.1, -0.05) is 18.2 Å². The highest BCUT2D eigenvalue weighted by atomic mass is 16.6. The molecule has 1 aliphatic rings. The van der Waals surface area contributed by atoms with E-state index in [1.807, 2.05) is 19.9 Å². The average Bonchev–Trinajstić information content (AvgIpc) is 3.42. The van der Waals surface area contributed by atoms with E-state index in [1.165, 1.54) is 12.7 Å². The van der Waals surface area contributed by atoms with Crippen LogP contribution in [0.25, 0.3) is 11.2 Å². The quantitative estimate of drug-likeness (QED) is 0.486. The Hall–Kier alpha value is -3.41. The molecule has 2 N–H and O–H groups in total. The summed E-state index contributed by atoms with van der Waals surface area (Å²) in [4.78, 5) is 37.4. The van der Waals surface area contributed by atoms with Crippen molar-refractivity contribution < 1.29 is 28.9 Å². The van der Waals surface area contributed by atoms with Crippen LogP contribution in [0, 0.1) is 0 Å². The highest BCUT2D eigenvalue weighted by molar-refractivity contribution is 6.06. The van der Waals surface area contributed by atoms with E-state index >= 15 is 0 Å². The van der Waals surface area contributed by atoms with Crippen LogP contribution in [0.3, 0.4) is 0 Å². The van der Waals surface area contributed by atoms with Gasteiger partial charge in [-0.2, -0.15) is 0 Å². The van der Waals surface area contributed by atoms with Crippen LogP contribution in [0.4, 0.5) is 5.82 Å². The second-order valence-corrected chi connectivity index (χ2v) is 7.80. The van der Waals surface area contributed by atoms with E-state index in [4.69, 9.17) is 14.2 Å². The molecule has 0 spiro atoms. The molecular formula is C22H25N5O6. The van der Waals surface area contributed by atoms with Gasteiger partial charge >= 0.3 is 5.97 Å². The SMILES string of the molecule is CC(C)OCC(=O)O[C@H]1C[C@H](n2cnc3c(NC(=O)c4ccccc4)ncnc32)O[C@@H]1CO. The van der Waals surface area contributed by atoms with Crippen molar-refractivity contribution in [3.63, 3.8) is 0 Å². The molecule has 1 aliphatic heterocycles. The number of aliphatic hydroxyl groups excluding tert-OH is 1. The van der Waals surface area contributed by atoms with Gasteiger partial charge in [-0.05, 0) is 26.0 Å². The van der Waals surface area contributed by atoms with E-state index in [2.05, 4.69) is 20.3 Å². The van der Waals surface area contributed by atoms with Crippen LogP contribution < -0.4 is 5.32 Å². The van der Waals surface area contributed by atoms with Gasteiger partial charge in [-0.3, -0.25) is 9.36 Å². The standard InChI is InChI=1S/C22H25N5O6/c1-13(2)31-10-18(29)33-15-8-17(32-16(15)9-28)27-12-25-19-20(23-11-24-21(19)27)26-22(30)14-6-4-3-5-7-14/h3-7,11-13,15-17,28H,8-10H2,1-2H3,(H,23,24,26,30)/t15-,16+,17+/m0/s1. The van der Waals surface area contributed by atoms with Gasteiger partial charge in [-0.25, -0.2) is 19.7 Å². The lowest BCUT2D eigenvalue weighted by Crippen LogP contribution is -2.31. The summed E-state index contributed by atoms with van der Waals surface area (Å²) in [6.45, 7) is 3.14. The van der Waals surface area contributed by atoms with E-state index in [0.717, 1.165) is 0 Å². The van der Waals surface area contributed by atoms with Gasteiger partial charge in [0.25, 0.3) is 5.91 Å². The van der Waals surface area contributed by atoms with E-state index in [-0.39, 0.29) is 31.0 Å². The summed E-state index contributed by atoms with van der Waals surface area (Å²) in [7, 11) is 0. The summed E-state index contributed by atoms with van der Waals surface area (Å²) in [5, 5.41) is 12.5. The summed E-state index contributed by atoms with van der Waals surface area (Å²) in [5.74, 6) is -0.587. The maximum Gasteiger partial charge on any atom is 0.332 e. The molecule has 3 atom stereocenters. The van der Waals surface area contributed by atoms with Gasteiger partial charge in [0.2, 0.25) is 0 Å². The number of amides is 1. The number of ether oxygens (including phenoxy) is 3. The first-order valence-electron chi connectivity index (χ1n) is 10.6. The van der Waals surface area contributed by atoms with Gasteiger partial charge < -0.3 is 24.6 Å². The molecule has 0 saturated carbocycles. The van der Waals surface area contributed by atoms with E-state index < -0.39 is 24.4 Å². The van der Waals surface area contributed by atoms with Gasteiger partial charge in [0.05, 0.1) is 19.0 Å². The fourth-order valence-electron chi connectivity index (χ4n) is 3.52. The summed E-state index contributed by atoms with van der Waals surface area (Å²) < 4.78 is 18.3. The summed E-state index contributed by atoms with van der Waals surface area (Å²) in [6, 6.07) is 8.76. The lowest BCUT2D eigenvalue weighted by molar-refractivity contribution is -0.159. The molecule has 11 heteroatoms. The van der Waals surface area contributed by atoms with Gasteiger partial charge in [0.1, 0.15) is 31.4 Å². The number of imidazole rings is 1. The molecule has 0 unspecified atom stereocenters. The Kier molecular flexibility index (Phi) is 6.92. The number of rotatable bonds is 8. The van der Waals surface area contributed by atoms with Crippen molar-refractivity contribution in [3.8, 4) is 0 Å². The minimum atomic E-state index is -0.699. The highest BCUT2D eigenvalue weighted by Gasteiger charge is 2.39. The molecule has 174 valence electrons. The van der Waals surface area contributed by atoms with Crippen LogP contribution in [0.5, 0.6) is 0 Å². The lowest BCUT2D eigenvalue weighted by Gasteiger charge is -2.17. The Labute approximate surface area is 189 Å². The fraction of sp³-hybridized carbons (Fsp3) is 0.409. The molecule has 1 amide bonds. The van der Waals surface area contributed by atoms with Crippen LogP contribution >= 0.6 is 0 Å². The maximum absolute atomic E-state index is 12.5. The zero-order valence-electron chi connectivity index (χ0n) is 18.2. The van der Waals surface area contributed by atoms with E-state index in [9.17, 15) is 14.7 Å². The zero-order valence-corrected chi connectivity index (χ0v) is 18.2. The Morgan fingerprint density at radius 2 is 2.03 bits per heavy atom.